The van der Waals surface area contributed by atoms with Crippen molar-refractivity contribution in [2.24, 2.45) is 5.92 Å². The lowest BCUT2D eigenvalue weighted by molar-refractivity contribution is -0.136. The van der Waals surface area contributed by atoms with E-state index < -0.39 is 0 Å². The molecule has 0 saturated heterocycles. The zero-order chi connectivity index (χ0) is 10.4. The van der Waals surface area contributed by atoms with E-state index in [0.29, 0.717) is 11.5 Å². The molecule has 13 heavy (non-hydrogen) atoms. The van der Waals surface area contributed by atoms with Gasteiger partial charge in [0.05, 0.1) is 7.11 Å². The Morgan fingerprint density at radius 3 is 2.31 bits per heavy atom. The Morgan fingerprint density at radius 1 is 1.46 bits per heavy atom. The molecule has 0 fully saturated rings. The van der Waals surface area contributed by atoms with Gasteiger partial charge in [-0.05, 0) is 19.9 Å². The molecule has 1 atom stereocenters. The second-order valence-electron chi connectivity index (χ2n) is 3.40. The van der Waals surface area contributed by atoms with E-state index in [-0.39, 0.29) is 12.0 Å². The number of rotatable bonds is 4. The zero-order valence-corrected chi connectivity index (χ0v) is 9.05. The van der Waals surface area contributed by atoms with E-state index in [1.807, 2.05) is 13.1 Å². The molecule has 0 bridgehead atoms. The van der Waals surface area contributed by atoms with Crippen LogP contribution in [-0.4, -0.2) is 26.2 Å². The largest absolute Gasteiger partial charge is 0.466 e. The summed E-state index contributed by atoms with van der Waals surface area (Å²) in [5.74, 6) is 0.200. The summed E-state index contributed by atoms with van der Waals surface area (Å²) in [4.78, 5) is 11.1. The first-order valence-electron chi connectivity index (χ1n) is 4.47. The van der Waals surface area contributed by atoms with E-state index >= 15 is 0 Å². The average molecular weight is 185 g/mol. The molecule has 0 saturated carbocycles. The Hall–Kier alpha value is -0.830. The van der Waals surface area contributed by atoms with E-state index in [0.717, 1.165) is 0 Å². The lowest BCUT2D eigenvalue weighted by Gasteiger charge is -2.16. The van der Waals surface area contributed by atoms with Gasteiger partial charge >= 0.3 is 5.97 Å². The van der Waals surface area contributed by atoms with Gasteiger partial charge in [0, 0.05) is 11.6 Å². The number of nitrogens with one attached hydrogen (secondary N) is 1. The van der Waals surface area contributed by atoms with Crippen LogP contribution in [0.3, 0.4) is 0 Å². The van der Waals surface area contributed by atoms with Gasteiger partial charge in [0.25, 0.3) is 0 Å². The van der Waals surface area contributed by atoms with Crippen LogP contribution >= 0.6 is 0 Å². The fraction of sp³-hybridized carbons (Fsp3) is 0.700. The Kier molecular flexibility index (Phi) is 5.39. The van der Waals surface area contributed by atoms with Gasteiger partial charge in [0.1, 0.15) is 0 Å². The topological polar surface area (TPSA) is 38.3 Å². The van der Waals surface area contributed by atoms with Gasteiger partial charge < -0.3 is 10.1 Å². The Labute approximate surface area is 80.2 Å². The Morgan fingerprint density at radius 2 is 2.00 bits per heavy atom. The van der Waals surface area contributed by atoms with E-state index in [1.54, 1.807) is 6.92 Å². The number of carbonyl (C=O) groups excluding carboxylic acids is 1. The maximum Gasteiger partial charge on any atom is 0.333 e. The quantitative estimate of drug-likeness (QED) is 0.530. The molecule has 3 heteroatoms. The first kappa shape index (κ1) is 12.2. The highest BCUT2D eigenvalue weighted by atomic mass is 16.5. The van der Waals surface area contributed by atoms with Gasteiger partial charge in [-0.15, -0.1) is 0 Å². The average Bonchev–Trinajstić information content (AvgIpc) is 2.11. The lowest BCUT2D eigenvalue weighted by atomic mass is 10.0. The summed E-state index contributed by atoms with van der Waals surface area (Å²) in [7, 11) is 3.27. The molecule has 0 aromatic rings. The molecule has 0 heterocycles. The van der Waals surface area contributed by atoms with Crippen molar-refractivity contribution in [1.29, 1.82) is 0 Å². The molecule has 0 aromatic carbocycles. The van der Waals surface area contributed by atoms with Gasteiger partial charge in [-0.1, -0.05) is 19.9 Å². The Balaban J connectivity index is 4.41. The third-order valence-electron chi connectivity index (χ3n) is 1.99. The number of hydrogen-bond acceptors (Lipinski definition) is 3. The minimum absolute atomic E-state index is 0.221. The van der Waals surface area contributed by atoms with Crippen LogP contribution in [0.15, 0.2) is 11.6 Å². The third kappa shape index (κ3) is 4.08. The van der Waals surface area contributed by atoms with Crippen molar-refractivity contribution in [2.45, 2.75) is 26.8 Å². The maximum absolute atomic E-state index is 11.1. The second kappa shape index (κ2) is 5.75. The highest BCUT2D eigenvalue weighted by molar-refractivity contribution is 5.87. The van der Waals surface area contributed by atoms with Crippen molar-refractivity contribution < 1.29 is 9.53 Å². The summed E-state index contributed by atoms with van der Waals surface area (Å²) >= 11 is 0. The minimum Gasteiger partial charge on any atom is -0.466 e. The number of likely N-dealkylation sites (N-methyl/N-ethyl adjacent to an activating group) is 1. The fourth-order valence-electron chi connectivity index (χ4n) is 1.11. The van der Waals surface area contributed by atoms with Gasteiger partial charge in [0.15, 0.2) is 0 Å². The first-order valence-corrected chi connectivity index (χ1v) is 4.47. The molecule has 0 aromatic heterocycles. The summed E-state index contributed by atoms with van der Waals surface area (Å²) in [6.07, 6.45) is 1.90. The number of ether oxygens (including phenoxy) is 1. The third-order valence-corrected chi connectivity index (χ3v) is 1.99. The highest BCUT2D eigenvalue weighted by Gasteiger charge is 2.10. The highest BCUT2D eigenvalue weighted by Crippen LogP contribution is 2.06. The molecule has 1 unspecified atom stereocenters. The lowest BCUT2D eigenvalue weighted by Crippen LogP contribution is -2.29. The van der Waals surface area contributed by atoms with E-state index in [1.165, 1.54) is 7.11 Å². The van der Waals surface area contributed by atoms with Crippen LogP contribution in [0, 0.1) is 5.92 Å². The summed E-state index contributed by atoms with van der Waals surface area (Å²) in [6.45, 7) is 5.96. The first-order chi connectivity index (χ1) is 6.02. The van der Waals surface area contributed by atoms with Gasteiger partial charge in [-0.2, -0.15) is 0 Å². The summed E-state index contributed by atoms with van der Waals surface area (Å²) in [6, 6.07) is 0.221. The van der Waals surface area contributed by atoms with E-state index in [2.05, 4.69) is 23.9 Å². The van der Waals surface area contributed by atoms with E-state index in [9.17, 15) is 4.79 Å². The molecule has 0 spiro atoms. The van der Waals surface area contributed by atoms with Crippen molar-refractivity contribution in [2.75, 3.05) is 14.2 Å². The standard InChI is InChI=1S/C10H19NO2/c1-7(2)9(11-4)6-8(3)10(12)13-5/h6-7,9,11H,1-5H3. The molecule has 0 aliphatic carbocycles. The van der Waals surface area contributed by atoms with Gasteiger partial charge in [-0.25, -0.2) is 4.79 Å². The van der Waals surface area contributed by atoms with Gasteiger partial charge in [0.2, 0.25) is 0 Å². The van der Waals surface area contributed by atoms with Crippen LogP contribution in [-0.2, 0) is 9.53 Å². The van der Waals surface area contributed by atoms with Crippen molar-refractivity contribution >= 4 is 5.97 Å². The molecule has 0 rings (SSSR count). The SMILES string of the molecule is CNC(C=C(C)C(=O)OC)C(C)C. The van der Waals surface area contributed by atoms with Crippen molar-refractivity contribution in [3.8, 4) is 0 Å². The summed E-state index contributed by atoms with van der Waals surface area (Å²) in [5.41, 5.74) is 0.649. The van der Waals surface area contributed by atoms with Crippen molar-refractivity contribution in [3.05, 3.63) is 11.6 Å². The molecule has 1 N–H and O–H groups in total. The maximum atomic E-state index is 11.1. The smallest absolute Gasteiger partial charge is 0.333 e. The van der Waals surface area contributed by atoms with Crippen LogP contribution in [0.2, 0.25) is 0 Å². The number of hydrogen-bond donors (Lipinski definition) is 1. The van der Waals surface area contributed by atoms with Crippen LogP contribution < -0.4 is 5.32 Å². The minimum atomic E-state index is -0.263. The molecular formula is C10H19NO2. The van der Waals surface area contributed by atoms with Crippen LogP contribution in [0.25, 0.3) is 0 Å². The number of esters is 1. The predicted octanol–water partition coefficient (Wildman–Crippen LogP) is 1.35. The number of carbonyl (C=O) groups is 1. The monoisotopic (exact) mass is 185 g/mol. The predicted molar refractivity (Wildman–Crippen MR) is 53.5 cm³/mol. The molecule has 0 radical (unpaired) electrons. The molecule has 0 amide bonds. The van der Waals surface area contributed by atoms with Gasteiger partial charge in [-0.3, -0.25) is 0 Å². The van der Waals surface area contributed by atoms with Crippen LogP contribution in [0.1, 0.15) is 20.8 Å². The zero-order valence-electron chi connectivity index (χ0n) is 9.05. The molecular weight excluding hydrogens is 166 g/mol. The van der Waals surface area contributed by atoms with E-state index in [4.69, 9.17) is 0 Å². The molecule has 0 aliphatic heterocycles. The fourth-order valence-corrected chi connectivity index (χ4v) is 1.11. The van der Waals surface area contributed by atoms with Crippen LogP contribution in [0.5, 0.6) is 0 Å². The molecule has 76 valence electrons. The van der Waals surface area contributed by atoms with Crippen LogP contribution in [0.4, 0.5) is 0 Å². The normalized spacial score (nSPS) is 14.5. The Bertz CT molecular complexity index is 197. The summed E-state index contributed by atoms with van der Waals surface area (Å²) in [5, 5.41) is 3.13. The summed E-state index contributed by atoms with van der Waals surface area (Å²) < 4.78 is 4.60. The van der Waals surface area contributed by atoms with Crippen molar-refractivity contribution in [1.82, 2.24) is 5.32 Å². The molecule has 3 nitrogen and oxygen atoms in total. The number of methoxy groups -OCH3 is 1. The molecule has 0 aliphatic rings. The van der Waals surface area contributed by atoms with Crippen molar-refractivity contribution in [3.63, 3.8) is 0 Å². The second-order valence-corrected chi connectivity index (χ2v) is 3.40.